The Labute approximate surface area is 172 Å². The highest BCUT2D eigenvalue weighted by atomic mass is 16.2. The van der Waals surface area contributed by atoms with E-state index in [1.54, 1.807) is 0 Å². The van der Waals surface area contributed by atoms with Crippen molar-refractivity contribution < 1.29 is 9.59 Å². The van der Waals surface area contributed by atoms with Crippen molar-refractivity contribution >= 4 is 11.8 Å². The molecule has 1 aromatic heterocycles. The van der Waals surface area contributed by atoms with Gasteiger partial charge in [0.25, 0.3) is 0 Å². The monoisotopic (exact) mass is 394 g/mol. The zero-order valence-corrected chi connectivity index (χ0v) is 17.1. The van der Waals surface area contributed by atoms with Gasteiger partial charge in [0.05, 0.1) is 17.3 Å². The van der Waals surface area contributed by atoms with E-state index in [-0.39, 0.29) is 17.7 Å². The van der Waals surface area contributed by atoms with Crippen molar-refractivity contribution in [2.24, 2.45) is 5.92 Å². The standard InChI is InChI=1S/C23H30N4O2/c1-17-18(16-27(25-17)21-11-3-2-4-12-21)8-7-13-24-23(29)19-14-22(28)26(15-19)20-9-5-6-10-20/h2-4,11-12,16,19-20H,5-10,13-15H2,1H3,(H,24,29). The van der Waals surface area contributed by atoms with Gasteiger partial charge in [0, 0.05) is 31.7 Å². The maximum atomic E-state index is 12.5. The molecule has 6 heteroatoms. The molecule has 1 N–H and O–H groups in total. The van der Waals surface area contributed by atoms with Gasteiger partial charge in [0.15, 0.2) is 0 Å². The number of likely N-dealkylation sites (tertiary alicyclic amines) is 1. The Bertz CT molecular complexity index is 855. The Kier molecular flexibility index (Phi) is 5.97. The molecule has 2 heterocycles. The van der Waals surface area contributed by atoms with Crippen LogP contribution in [0.5, 0.6) is 0 Å². The van der Waals surface area contributed by atoms with Crippen LogP contribution in [-0.4, -0.2) is 45.6 Å². The van der Waals surface area contributed by atoms with Gasteiger partial charge in [-0.3, -0.25) is 9.59 Å². The van der Waals surface area contributed by atoms with E-state index in [4.69, 9.17) is 0 Å². The Balaban J connectivity index is 1.23. The number of carbonyl (C=O) groups excluding carboxylic acids is 2. The second kappa shape index (κ2) is 8.80. The lowest BCUT2D eigenvalue weighted by Gasteiger charge is -2.23. The van der Waals surface area contributed by atoms with Crippen LogP contribution >= 0.6 is 0 Å². The number of carbonyl (C=O) groups is 2. The minimum Gasteiger partial charge on any atom is -0.356 e. The van der Waals surface area contributed by atoms with Crippen LogP contribution in [0.3, 0.4) is 0 Å². The first kappa shape index (κ1) is 19.7. The molecule has 1 unspecified atom stereocenters. The zero-order valence-electron chi connectivity index (χ0n) is 17.1. The second-order valence-electron chi connectivity index (χ2n) is 8.30. The van der Waals surface area contributed by atoms with E-state index in [9.17, 15) is 9.59 Å². The summed E-state index contributed by atoms with van der Waals surface area (Å²) in [7, 11) is 0. The highest BCUT2D eigenvalue weighted by molar-refractivity contribution is 5.89. The summed E-state index contributed by atoms with van der Waals surface area (Å²) >= 11 is 0. The molecule has 154 valence electrons. The summed E-state index contributed by atoms with van der Waals surface area (Å²) < 4.78 is 1.91. The summed E-state index contributed by atoms with van der Waals surface area (Å²) in [6, 6.07) is 10.4. The molecule has 1 saturated heterocycles. The number of hydrogen-bond donors (Lipinski definition) is 1. The lowest BCUT2D eigenvalue weighted by Crippen LogP contribution is -2.37. The molecule has 1 aliphatic heterocycles. The molecule has 4 rings (SSSR count). The molecule has 6 nitrogen and oxygen atoms in total. The Morgan fingerprint density at radius 2 is 1.97 bits per heavy atom. The lowest BCUT2D eigenvalue weighted by atomic mass is 10.1. The van der Waals surface area contributed by atoms with Crippen molar-refractivity contribution in [2.75, 3.05) is 13.1 Å². The molecule has 0 spiro atoms. The van der Waals surface area contributed by atoms with Gasteiger partial charge in [-0.25, -0.2) is 4.68 Å². The molecule has 1 saturated carbocycles. The molecule has 1 aliphatic carbocycles. The summed E-state index contributed by atoms with van der Waals surface area (Å²) in [5.41, 5.74) is 3.27. The van der Waals surface area contributed by atoms with Crippen LogP contribution in [0.25, 0.3) is 5.69 Å². The second-order valence-corrected chi connectivity index (χ2v) is 8.30. The third kappa shape index (κ3) is 4.52. The maximum Gasteiger partial charge on any atom is 0.225 e. The summed E-state index contributed by atoms with van der Waals surface area (Å²) in [6.07, 6.45) is 8.76. The van der Waals surface area contributed by atoms with E-state index in [2.05, 4.69) is 16.6 Å². The highest BCUT2D eigenvalue weighted by Crippen LogP contribution is 2.29. The first-order valence-corrected chi connectivity index (χ1v) is 10.8. The van der Waals surface area contributed by atoms with Crippen molar-refractivity contribution in [3.63, 3.8) is 0 Å². The zero-order chi connectivity index (χ0) is 20.2. The van der Waals surface area contributed by atoms with E-state index >= 15 is 0 Å². The fourth-order valence-corrected chi connectivity index (χ4v) is 4.57. The predicted molar refractivity (Wildman–Crippen MR) is 112 cm³/mol. The fourth-order valence-electron chi connectivity index (χ4n) is 4.57. The minimum absolute atomic E-state index is 0.0237. The number of amides is 2. The quantitative estimate of drug-likeness (QED) is 0.734. The van der Waals surface area contributed by atoms with E-state index in [1.165, 1.54) is 18.4 Å². The molecule has 2 aromatic rings. The van der Waals surface area contributed by atoms with Crippen molar-refractivity contribution in [1.29, 1.82) is 0 Å². The smallest absolute Gasteiger partial charge is 0.225 e. The predicted octanol–water partition coefficient (Wildman–Crippen LogP) is 3.02. The molecule has 1 atom stereocenters. The van der Waals surface area contributed by atoms with Gasteiger partial charge in [-0.05, 0) is 50.3 Å². The number of aromatic nitrogens is 2. The van der Waals surface area contributed by atoms with E-state index in [0.29, 0.717) is 25.6 Å². The number of rotatable bonds is 7. The fraction of sp³-hybridized carbons (Fsp3) is 0.522. The van der Waals surface area contributed by atoms with E-state index in [0.717, 1.165) is 37.1 Å². The first-order valence-electron chi connectivity index (χ1n) is 10.8. The van der Waals surface area contributed by atoms with Crippen LogP contribution in [0.2, 0.25) is 0 Å². The number of nitrogens with one attached hydrogen (secondary N) is 1. The minimum atomic E-state index is -0.189. The number of aryl methyl sites for hydroxylation is 2. The highest BCUT2D eigenvalue weighted by Gasteiger charge is 2.38. The third-order valence-corrected chi connectivity index (χ3v) is 6.24. The molecule has 0 radical (unpaired) electrons. The van der Waals surface area contributed by atoms with Gasteiger partial charge < -0.3 is 10.2 Å². The Hall–Kier alpha value is -2.63. The summed E-state index contributed by atoms with van der Waals surface area (Å²) in [6.45, 7) is 3.25. The topological polar surface area (TPSA) is 67.2 Å². The number of hydrogen-bond acceptors (Lipinski definition) is 3. The lowest BCUT2D eigenvalue weighted by molar-refractivity contribution is -0.130. The average Bonchev–Trinajstić information content (AvgIpc) is 3.46. The summed E-state index contributed by atoms with van der Waals surface area (Å²) in [5, 5.41) is 7.64. The number of benzene rings is 1. The average molecular weight is 395 g/mol. The normalized spacial score (nSPS) is 19.8. The van der Waals surface area contributed by atoms with Crippen molar-refractivity contribution in [2.45, 2.75) is 57.9 Å². The molecule has 2 aliphatic rings. The van der Waals surface area contributed by atoms with Gasteiger partial charge in [-0.2, -0.15) is 5.10 Å². The molecular formula is C23H30N4O2. The van der Waals surface area contributed by atoms with Crippen LogP contribution < -0.4 is 5.32 Å². The number of para-hydroxylation sites is 1. The van der Waals surface area contributed by atoms with Crippen LogP contribution in [0.15, 0.2) is 36.5 Å². The van der Waals surface area contributed by atoms with Crippen molar-refractivity contribution in [1.82, 2.24) is 20.0 Å². The summed E-state index contributed by atoms with van der Waals surface area (Å²) in [5.74, 6) is -0.0118. The third-order valence-electron chi connectivity index (χ3n) is 6.24. The van der Waals surface area contributed by atoms with E-state index in [1.807, 2.05) is 46.8 Å². The van der Waals surface area contributed by atoms with Crippen molar-refractivity contribution in [3.05, 3.63) is 47.8 Å². The van der Waals surface area contributed by atoms with Gasteiger partial charge in [-0.1, -0.05) is 31.0 Å². The van der Waals surface area contributed by atoms with Gasteiger partial charge in [0.2, 0.25) is 11.8 Å². The largest absolute Gasteiger partial charge is 0.356 e. The van der Waals surface area contributed by atoms with Crippen LogP contribution in [0.1, 0.15) is 49.8 Å². The van der Waals surface area contributed by atoms with Gasteiger partial charge in [-0.15, -0.1) is 0 Å². The number of nitrogens with zero attached hydrogens (tertiary/aromatic N) is 3. The molecule has 2 amide bonds. The molecule has 1 aromatic carbocycles. The maximum absolute atomic E-state index is 12.5. The molecule has 0 bridgehead atoms. The van der Waals surface area contributed by atoms with Crippen molar-refractivity contribution in [3.8, 4) is 5.69 Å². The Morgan fingerprint density at radius 1 is 1.21 bits per heavy atom. The first-order chi connectivity index (χ1) is 14.1. The van der Waals surface area contributed by atoms with Gasteiger partial charge >= 0.3 is 0 Å². The SMILES string of the molecule is Cc1nn(-c2ccccc2)cc1CCCNC(=O)C1CC(=O)N(C2CCCC2)C1. The van der Waals surface area contributed by atoms with Crippen LogP contribution in [0.4, 0.5) is 0 Å². The van der Waals surface area contributed by atoms with Crippen LogP contribution in [-0.2, 0) is 16.0 Å². The molecule has 2 fully saturated rings. The van der Waals surface area contributed by atoms with Gasteiger partial charge in [0.1, 0.15) is 0 Å². The van der Waals surface area contributed by atoms with E-state index < -0.39 is 0 Å². The molecular weight excluding hydrogens is 364 g/mol. The summed E-state index contributed by atoms with van der Waals surface area (Å²) in [4.78, 5) is 26.8. The molecule has 29 heavy (non-hydrogen) atoms. The van der Waals surface area contributed by atoms with Crippen LogP contribution in [0, 0.1) is 12.8 Å². The Morgan fingerprint density at radius 3 is 2.72 bits per heavy atom.